The molecular weight excluding hydrogens is 588 g/mol. The minimum atomic E-state index is -1.02. The summed E-state index contributed by atoms with van der Waals surface area (Å²) in [6.45, 7) is 1.97. The Hall–Kier alpha value is -6.48. The highest BCUT2D eigenvalue weighted by atomic mass is 16.4. The van der Waals surface area contributed by atoms with E-state index in [1.165, 1.54) is 0 Å². The molecule has 8 aromatic rings. The van der Waals surface area contributed by atoms with Gasteiger partial charge in [0.15, 0.2) is 23.0 Å². The Labute approximate surface area is 258 Å². The highest BCUT2D eigenvalue weighted by Gasteiger charge is 2.32. The van der Waals surface area contributed by atoms with E-state index in [-0.39, 0.29) is 32.7 Å². The van der Waals surface area contributed by atoms with Crippen LogP contribution in [0.25, 0.3) is 76.5 Å². The van der Waals surface area contributed by atoms with Crippen LogP contribution in [0.2, 0.25) is 0 Å². The molecule has 7 aromatic carbocycles. The van der Waals surface area contributed by atoms with Crippen molar-refractivity contribution in [3.63, 3.8) is 0 Å². The Kier molecular flexibility index (Phi) is 5.46. The molecule has 8 N–H and O–H groups in total. The Morgan fingerprint density at radius 2 is 0.913 bits per heavy atom. The van der Waals surface area contributed by atoms with E-state index in [9.17, 15) is 40.9 Å². The van der Waals surface area contributed by atoms with Crippen LogP contribution in [0.5, 0.6) is 46.0 Å². The first-order chi connectivity index (χ1) is 22.1. The first-order valence-electron chi connectivity index (χ1n) is 14.3. The van der Waals surface area contributed by atoms with Crippen LogP contribution in [0.15, 0.2) is 83.3 Å². The quantitative estimate of drug-likeness (QED) is 0.0542. The number of aromatic hydroxyl groups is 8. The Bertz CT molecular complexity index is 2540. The second-order valence-electron chi connectivity index (χ2n) is 11.3. The molecule has 0 fully saturated rings. The Balaban J connectivity index is 1.64. The molecule has 1 aromatic heterocycles. The monoisotopic (exact) mass is 612 g/mol. The maximum atomic E-state index is 11.4. The van der Waals surface area contributed by atoms with Crippen molar-refractivity contribution in [1.82, 2.24) is 0 Å². The highest BCUT2D eigenvalue weighted by molar-refractivity contribution is 6.29. The van der Waals surface area contributed by atoms with Crippen LogP contribution >= 0.6 is 0 Å². The summed E-state index contributed by atoms with van der Waals surface area (Å²) in [6.07, 6.45) is 0. The fraction of sp³-hybridized carbons (Fsp3) is 0.0270. The average Bonchev–Trinajstić information content (AvgIpc) is 3.44. The van der Waals surface area contributed by atoms with Gasteiger partial charge in [0.05, 0.1) is 0 Å². The Morgan fingerprint density at radius 1 is 0.413 bits per heavy atom. The van der Waals surface area contributed by atoms with Crippen LogP contribution in [0.1, 0.15) is 5.56 Å². The number of fused-ring (bicyclic) bond motifs is 6. The van der Waals surface area contributed by atoms with Crippen LogP contribution < -0.4 is 0 Å². The summed E-state index contributed by atoms with van der Waals surface area (Å²) in [4.78, 5) is 0. The second-order valence-corrected chi connectivity index (χ2v) is 11.3. The van der Waals surface area contributed by atoms with Crippen LogP contribution in [-0.4, -0.2) is 40.9 Å². The first-order valence-corrected chi connectivity index (χ1v) is 14.3. The molecule has 0 amide bonds. The lowest BCUT2D eigenvalue weighted by Gasteiger charge is -2.22. The zero-order valence-electron chi connectivity index (χ0n) is 24.0. The van der Waals surface area contributed by atoms with E-state index in [1.54, 1.807) is 48.5 Å². The van der Waals surface area contributed by atoms with E-state index in [1.807, 2.05) is 37.3 Å². The molecule has 9 nitrogen and oxygen atoms in total. The molecule has 0 aliphatic rings. The van der Waals surface area contributed by atoms with Crippen molar-refractivity contribution in [2.24, 2.45) is 0 Å². The summed E-state index contributed by atoms with van der Waals surface area (Å²) in [6, 6.07) is 23.1. The van der Waals surface area contributed by atoms with Gasteiger partial charge in [0.1, 0.15) is 11.2 Å². The zero-order chi connectivity index (χ0) is 32.2. The summed E-state index contributed by atoms with van der Waals surface area (Å²) in [5.74, 6) is -7.37. The normalized spacial score (nSPS) is 11.8. The van der Waals surface area contributed by atoms with Crippen molar-refractivity contribution in [2.45, 2.75) is 6.92 Å². The van der Waals surface area contributed by atoms with Gasteiger partial charge < -0.3 is 45.3 Å². The number of phenolic OH excluding ortho intramolecular Hbond substituents is 8. The smallest absolute Gasteiger partial charge is 0.204 e. The van der Waals surface area contributed by atoms with E-state index in [0.29, 0.717) is 27.7 Å². The number of phenols is 8. The molecule has 9 heteroatoms. The van der Waals surface area contributed by atoms with Crippen LogP contribution in [-0.2, 0) is 0 Å². The third-order valence-electron chi connectivity index (χ3n) is 8.89. The summed E-state index contributed by atoms with van der Waals surface area (Å²) >= 11 is 0. The van der Waals surface area contributed by atoms with Gasteiger partial charge in [-0.3, -0.25) is 0 Å². The molecule has 0 radical (unpaired) electrons. The molecule has 0 aliphatic carbocycles. The van der Waals surface area contributed by atoms with Crippen LogP contribution in [0.3, 0.4) is 0 Å². The van der Waals surface area contributed by atoms with Crippen molar-refractivity contribution >= 4 is 54.3 Å². The van der Waals surface area contributed by atoms with Crippen LogP contribution in [0.4, 0.5) is 0 Å². The number of hydrogen-bond donors (Lipinski definition) is 8. The summed E-state index contributed by atoms with van der Waals surface area (Å²) in [7, 11) is 0. The van der Waals surface area contributed by atoms with E-state index < -0.39 is 46.0 Å². The largest absolute Gasteiger partial charge is 0.504 e. The van der Waals surface area contributed by atoms with Gasteiger partial charge in [-0.2, -0.15) is 0 Å². The third kappa shape index (κ3) is 3.39. The lowest BCUT2D eigenvalue weighted by atomic mass is 9.83. The van der Waals surface area contributed by atoms with Gasteiger partial charge in [0, 0.05) is 43.4 Å². The predicted octanol–water partition coefficient (Wildman–Crippen LogP) is 8.33. The lowest BCUT2D eigenvalue weighted by molar-refractivity contribution is 0.350. The SMILES string of the molecule is Cc1c2ccccc2cc2oc3ccc(-c4c5c(O)c(O)c(O)c(O)c5c(-c5ccccc5)c5c(O)c(O)c(O)c(O)c45)cc3c12. The summed E-state index contributed by atoms with van der Waals surface area (Å²) in [5.41, 5.74) is 2.75. The molecule has 1 heterocycles. The zero-order valence-corrected chi connectivity index (χ0v) is 24.0. The minimum Gasteiger partial charge on any atom is -0.504 e. The summed E-state index contributed by atoms with van der Waals surface area (Å²) in [5, 5.41) is 91.1. The maximum Gasteiger partial charge on any atom is 0.204 e. The fourth-order valence-electron chi connectivity index (χ4n) is 6.80. The molecule has 0 bridgehead atoms. The van der Waals surface area contributed by atoms with Gasteiger partial charge in [-0.15, -0.1) is 0 Å². The van der Waals surface area contributed by atoms with Gasteiger partial charge in [-0.25, -0.2) is 0 Å². The van der Waals surface area contributed by atoms with Gasteiger partial charge in [-0.1, -0.05) is 60.7 Å². The molecule has 0 unspecified atom stereocenters. The lowest BCUT2D eigenvalue weighted by Crippen LogP contribution is -1.94. The maximum absolute atomic E-state index is 11.4. The van der Waals surface area contributed by atoms with Gasteiger partial charge >= 0.3 is 0 Å². The van der Waals surface area contributed by atoms with E-state index >= 15 is 0 Å². The third-order valence-corrected chi connectivity index (χ3v) is 8.89. The topological polar surface area (TPSA) is 175 Å². The Morgan fingerprint density at radius 3 is 1.48 bits per heavy atom. The van der Waals surface area contributed by atoms with E-state index in [2.05, 4.69) is 0 Å². The standard InChI is InChI=1S/C37H24O9/c1-15-19-10-6-5-9-17(19)14-22-23(15)20-13-18(11-12-21(20)46-22)25-28-26(30(38)34(42)36(44)32(28)40)24(16-7-3-2-4-8-16)27-29(25)33(41)37(45)35(43)31(27)39/h2-14,38-45H,1H3. The molecule has 0 atom stereocenters. The molecule has 0 saturated heterocycles. The second kappa shape index (κ2) is 9.26. The van der Waals surface area contributed by atoms with Gasteiger partial charge in [0.25, 0.3) is 0 Å². The molecular formula is C37H24O9. The number of hydrogen-bond acceptors (Lipinski definition) is 9. The highest BCUT2D eigenvalue weighted by Crippen LogP contribution is 2.61. The molecule has 0 aliphatic heterocycles. The molecule has 0 spiro atoms. The van der Waals surface area contributed by atoms with Crippen molar-refractivity contribution in [2.75, 3.05) is 0 Å². The van der Waals surface area contributed by atoms with Crippen molar-refractivity contribution in [3.05, 3.63) is 84.4 Å². The number of furan rings is 1. The van der Waals surface area contributed by atoms with Crippen molar-refractivity contribution in [3.8, 4) is 68.2 Å². The number of rotatable bonds is 2. The minimum absolute atomic E-state index is 0.00213. The van der Waals surface area contributed by atoms with Crippen LogP contribution in [0, 0.1) is 6.92 Å². The van der Waals surface area contributed by atoms with Gasteiger partial charge in [0.2, 0.25) is 23.0 Å². The average molecular weight is 613 g/mol. The number of benzene rings is 7. The van der Waals surface area contributed by atoms with Gasteiger partial charge in [-0.05, 0) is 52.6 Å². The number of aryl methyl sites for hydroxylation is 1. The molecule has 46 heavy (non-hydrogen) atoms. The molecule has 226 valence electrons. The molecule has 8 rings (SSSR count). The van der Waals surface area contributed by atoms with Crippen molar-refractivity contribution < 1.29 is 45.3 Å². The van der Waals surface area contributed by atoms with Crippen molar-refractivity contribution in [1.29, 1.82) is 0 Å². The first kappa shape index (κ1) is 27.1. The fourth-order valence-corrected chi connectivity index (χ4v) is 6.80. The predicted molar refractivity (Wildman–Crippen MR) is 175 cm³/mol. The van der Waals surface area contributed by atoms with E-state index in [4.69, 9.17) is 4.42 Å². The van der Waals surface area contributed by atoms with E-state index in [0.717, 1.165) is 21.7 Å². The molecule has 0 saturated carbocycles. The summed E-state index contributed by atoms with van der Waals surface area (Å²) < 4.78 is 6.21.